The van der Waals surface area contributed by atoms with E-state index in [0.29, 0.717) is 10.9 Å². The first-order chi connectivity index (χ1) is 6.58. The van der Waals surface area contributed by atoms with Gasteiger partial charge in [0.1, 0.15) is 11.6 Å². The van der Waals surface area contributed by atoms with Crippen LogP contribution in [0.25, 0.3) is 10.9 Å². The van der Waals surface area contributed by atoms with E-state index in [9.17, 15) is 14.3 Å². The number of H-pyrrole nitrogens is 1. The number of aromatic hydroxyl groups is 1. The second kappa shape index (κ2) is 2.83. The van der Waals surface area contributed by atoms with Gasteiger partial charge in [-0.25, -0.2) is 4.39 Å². The molecule has 0 spiro atoms. The summed E-state index contributed by atoms with van der Waals surface area (Å²) < 4.78 is 13.3. The molecule has 0 saturated carbocycles. The van der Waals surface area contributed by atoms with E-state index in [4.69, 9.17) is 0 Å². The summed E-state index contributed by atoms with van der Waals surface area (Å²) in [5.41, 5.74) is 0.218. The van der Waals surface area contributed by atoms with Crippen molar-refractivity contribution in [1.29, 1.82) is 0 Å². The van der Waals surface area contributed by atoms with Crippen LogP contribution in [0.5, 0.6) is 5.75 Å². The van der Waals surface area contributed by atoms with Gasteiger partial charge in [-0.05, 0) is 24.6 Å². The molecule has 0 aliphatic rings. The van der Waals surface area contributed by atoms with Crippen LogP contribution in [0.2, 0.25) is 0 Å². The molecule has 2 N–H and O–H groups in total. The Morgan fingerprint density at radius 2 is 2.07 bits per heavy atom. The molecule has 0 radical (unpaired) electrons. The highest BCUT2D eigenvalue weighted by molar-refractivity contribution is 5.85. The summed E-state index contributed by atoms with van der Waals surface area (Å²) in [6, 6.07) is 3.95. The smallest absolute Gasteiger partial charge is 0.252 e. The topological polar surface area (TPSA) is 53.1 Å². The van der Waals surface area contributed by atoms with Crippen molar-refractivity contribution >= 4 is 10.9 Å². The number of aryl methyl sites for hydroxylation is 1. The Labute approximate surface area is 78.8 Å². The van der Waals surface area contributed by atoms with E-state index < -0.39 is 11.4 Å². The van der Waals surface area contributed by atoms with Crippen LogP contribution >= 0.6 is 0 Å². The van der Waals surface area contributed by atoms with Crippen molar-refractivity contribution in [2.75, 3.05) is 0 Å². The van der Waals surface area contributed by atoms with Crippen LogP contribution in [0.1, 0.15) is 5.56 Å². The van der Waals surface area contributed by atoms with Gasteiger partial charge in [-0.3, -0.25) is 4.79 Å². The Balaban J connectivity index is 3.01. The van der Waals surface area contributed by atoms with E-state index in [1.807, 2.05) is 0 Å². The molecule has 14 heavy (non-hydrogen) atoms. The van der Waals surface area contributed by atoms with E-state index in [2.05, 4.69) is 4.98 Å². The first kappa shape index (κ1) is 8.74. The summed E-state index contributed by atoms with van der Waals surface area (Å²) in [5, 5.41) is 9.74. The van der Waals surface area contributed by atoms with Gasteiger partial charge in [-0.2, -0.15) is 0 Å². The Morgan fingerprint density at radius 3 is 2.79 bits per heavy atom. The molecule has 0 atom stereocenters. The number of pyridine rings is 1. The minimum absolute atomic E-state index is 0.0422. The molecule has 0 fully saturated rings. The Hall–Kier alpha value is -1.84. The van der Waals surface area contributed by atoms with Gasteiger partial charge in [0.15, 0.2) is 0 Å². The van der Waals surface area contributed by atoms with Crippen LogP contribution in [0, 0.1) is 12.7 Å². The van der Waals surface area contributed by atoms with Crippen LogP contribution < -0.4 is 5.56 Å². The van der Waals surface area contributed by atoms with Crippen molar-refractivity contribution in [2.45, 2.75) is 6.92 Å². The quantitative estimate of drug-likeness (QED) is 0.668. The molecule has 2 rings (SSSR count). The SMILES string of the molecule is Cc1cc(F)c2[nH]c(=O)cc(O)c2c1. The lowest BCUT2D eigenvalue weighted by Crippen LogP contribution is -2.04. The molecular formula is C10H8FNO2. The molecule has 1 aromatic heterocycles. The third kappa shape index (κ3) is 1.25. The van der Waals surface area contributed by atoms with E-state index in [0.717, 1.165) is 6.07 Å². The Morgan fingerprint density at radius 1 is 1.36 bits per heavy atom. The molecule has 4 heteroatoms. The van der Waals surface area contributed by atoms with Gasteiger partial charge in [0, 0.05) is 11.5 Å². The number of hydrogen-bond donors (Lipinski definition) is 2. The summed E-state index contributed by atoms with van der Waals surface area (Å²) in [4.78, 5) is 13.3. The summed E-state index contributed by atoms with van der Waals surface area (Å²) in [7, 11) is 0. The molecule has 0 aliphatic heterocycles. The fourth-order valence-corrected chi connectivity index (χ4v) is 1.43. The Kier molecular flexibility index (Phi) is 1.77. The first-order valence-electron chi connectivity index (χ1n) is 4.10. The van der Waals surface area contributed by atoms with Crippen molar-refractivity contribution in [3.63, 3.8) is 0 Å². The summed E-state index contributed by atoms with van der Waals surface area (Å²) >= 11 is 0. The minimum Gasteiger partial charge on any atom is -0.507 e. The normalized spacial score (nSPS) is 10.7. The maximum Gasteiger partial charge on any atom is 0.252 e. The van der Waals surface area contributed by atoms with Crippen molar-refractivity contribution in [3.05, 3.63) is 39.9 Å². The monoisotopic (exact) mass is 193 g/mol. The van der Waals surface area contributed by atoms with Gasteiger partial charge in [0.05, 0.1) is 5.52 Å². The molecular weight excluding hydrogens is 185 g/mol. The van der Waals surface area contributed by atoms with E-state index in [1.54, 1.807) is 13.0 Å². The third-order valence-corrected chi connectivity index (χ3v) is 2.03. The molecule has 0 saturated heterocycles. The molecule has 1 aromatic carbocycles. The fourth-order valence-electron chi connectivity index (χ4n) is 1.43. The average molecular weight is 193 g/mol. The molecule has 72 valence electrons. The lowest BCUT2D eigenvalue weighted by molar-refractivity contribution is 0.480. The van der Waals surface area contributed by atoms with Gasteiger partial charge in [0.2, 0.25) is 0 Å². The minimum atomic E-state index is -0.534. The second-order valence-electron chi connectivity index (χ2n) is 3.19. The molecule has 0 amide bonds. The maximum atomic E-state index is 13.3. The van der Waals surface area contributed by atoms with Gasteiger partial charge in [-0.1, -0.05) is 0 Å². The predicted molar refractivity (Wildman–Crippen MR) is 50.9 cm³/mol. The summed E-state index contributed by atoms with van der Waals surface area (Å²) in [5.74, 6) is -0.737. The highest BCUT2D eigenvalue weighted by Crippen LogP contribution is 2.23. The largest absolute Gasteiger partial charge is 0.507 e. The van der Waals surface area contributed by atoms with Crippen LogP contribution in [-0.4, -0.2) is 10.1 Å². The van der Waals surface area contributed by atoms with E-state index >= 15 is 0 Å². The number of aromatic nitrogens is 1. The molecule has 2 aromatic rings. The zero-order chi connectivity index (χ0) is 10.3. The van der Waals surface area contributed by atoms with Crippen LogP contribution in [0.3, 0.4) is 0 Å². The number of hydrogen-bond acceptors (Lipinski definition) is 2. The standard InChI is InChI=1S/C10H8FNO2/c1-5-2-6-8(13)4-9(14)12-10(6)7(11)3-5/h2-4H,1H3,(H2,12,13,14). The number of benzene rings is 1. The summed E-state index contributed by atoms with van der Waals surface area (Å²) in [6.45, 7) is 1.72. The zero-order valence-corrected chi connectivity index (χ0v) is 7.47. The third-order valence-electron chi connectivity index (χ3n) is 2.03. The highest BCUT2D eigenvalue weighted by Gasteiger charge is 2.07. The molecule has 1 heterocycles. The van der Waals surface area contributed by atoms with Crippen LogP contribution in [0.15, 0.2) is 23.0 Å². The second-order valence-corrected chi connectivity index (χ2v) is 3.19. The molecule has 0 bridgehead atoms. The lowest BCUT2D eigenvalue weighted by Gasteiger charge is -2.02. The highest BCUT2D eigenvalue weighted by atomic mass is 19.1. The van der Waals surface area contributed by atoms with Crippen molar-refractivity contribution < 1.29 is 9.50 Å². The lowest BCUT2D eigenvalue weighted by atomic mass is 10.1. The average Bonchev–Trinajstić information content (AvgIpc) is 2.07. The number of rotatable bonds is 0. The van der Waals surface area contributed by atoms with Crippen molar-refractivity contribution in [1.82, 2.24) is 4.98 Å². The number of fused-ring (bicyclic) bond motifs is 1. The number of nitrogens with one attached hydrogen (secondary N) is 1. The van der Waals surface area contributed by atoms with Crippen LogP contribution in [-0.2, 0) is 0 Å². The van der Waals surface area contributed by atoms with E-state index in [-0.39, 0.29) is 11.3 Å². The first-order valence-corrected chi connectivity index (χ1v) is 4.10. The number of aromatic amines is 1. The van der Waals surface area contributed by atoms with E-state index in [1.165, 1.54) is 6.07 Å². The fraction of sp³-hybridized carbons (Fsp3) is 0.100. The predicted octanol–water partition coefficient (Wildman–Crippen LogP) is 1.68. The van der Waals surface area contributed by atoms with Gasteiger partial charge in [-0.15, -0.1) is 0 Å². The summed E-state index contributed by atoms with van der Waals surface area (Å²) in [6.07, 6.45) is 0. The van der Waals surface area contributed by atoms with Crippen LogP contribution in [0.4, 0.5) is 4.39 Å². The van der Waals surface area contributed by atoms with Gasteiger partial charge in [0.25, 0.3) is 5.56 Å². The number of halogens is 1. The molecule has 0 aliphatic carbocycles. The molecule has 0 unspecified atom stereocenters. The molecule has 3 nitrogen and oxygen atoms in total. The van der Waals surface area contributed by atoms with Crippen molar-refractivity contribution in [3.8, 4) is 5.75 Å². The maximum absolute atomic E-state index is 13.3. The Bertz CT molecular complexity index is 560. The van der Waals surface area contributed by atoms with Gasteiger partial charge < -0.3 is 10.1 Å². The van der Waals surface area contributed by atoms with Crippen molar-refractivity contribution in [2.24, 2.45) is 0 Å². The van der Waals surface area contributed by atoms with Gasteiger partial charge >= 0.3 is 0 Å². The zero-order valence-electron chi connectivity index (χ0n) is 7.47.